The van der Waals surface area contributed by atoms with Crippen molar-refractivity contribution in [1.82, 2.24) is 14.9 Å². The van der Waals surface area contributed by atoms with Crippen LogP contribution in [0.3, 0.4) is 0 Å². The lowest BCUT2D eigenvalue weighted by Crippen LogP contribution is -2.29. The summed E-state index contributed by atoms with van der Waals surface area (Å²) in [6, 6.07) is 0. The molecule has 5 nitrogen and oxygen atoms in total. The highest BCUT2D eigenvalue weighted by atomic mass is 16.2. The van der Waals surface area contributed by atoms with Gasteiger partial charge in [0.15, 0.2) is 0 Å². The minimum absolute atomic E-state index is 0.0518. The number of amides is 1. The molecule has 1 N–H and O–H groups in total. The molecule has 0 fully saturated rings. The predicted molar refractivity (Wildman–Crippen MR) is 70.5 cm³/mol. The van der Waals surface area contributed by atoms with E-state index >= 15 is 0 Å². The van der Waals surface area contributed by atoms with Gasteiger partial charge in [0.05, 0.1) is 6.54 Å². The number of anilines is 1. The molecule has 0 aromatic carbocycles. The molecule has 0 atom stereocenters. The van der Waals surface area contributed by atoms with Gasteiger partial charge in [-0.25, -0.2) is 9.97 Å². The maximum absolute atomic E-state index is 11.6. The Hall–Kier alpha value is -1.65. The predicted octanol–water partition coefficient (Wildman–Crippen LogP) is 1.25. The van der Waals surface area contributed by atoms with Gasteiger partial charge in [-0.2, -0.15) is 0 Å². The average Bonchev–Trinajstić information content (AvgIpc) is 2.61. The van der Waals surface area contributed by atoms with Crippen molar-refractivity contribution in [2.45, 2.75) is 32.1 Å². The van der Waals surface area contributed by atoms with E-state index in [0.29, 0.717) is 0 Å². The van der Waals surface area contributed by atoms with Gasteiger partial charge < -0.3 is 10.2 Å². The van der Waals surface area contributed by atoms with Crippen molar-refractivity contribution in [3.8, 4) is 0 Å². The van der Waals surface area contributed by atoms with Crippen molar-refractivity contribution >= 4 is 11.7 Å². The number of hydrogen-bond donors (Lipinski definition) is 1. The number of fused-ring (bicyclic) bond motifs is 1. The average molecular weight is 248 g/mol. The smallest absolute Gasteiger partial charge is 0.241 e. The van der Waals surface area contributed by atoms with Crippen molar-refractivity contribution < 1.29 is 4.79 Å². The Balaban J connectivity index is 2.11. The lowest BCUT2D eigenvalue weighted by Gasteiger charge is -2.14. The number of carbonyl (C=O) groups excluding carboxylic acids is 1. The first-order valence-electron chi connectivity index (χ1n) is 6.45. The molecular formula is C13H20N4O. The van der Waals surface area contributed by atoms with Crippen LogP contribution in [0.1, 0.15) is 30.5 Å². The van der Waals surface area contributed by atoms with Gasteiger partial charge in [-0.05, 0) is 25.7 Å². The van der Waals surface area contributed by atoms with Crippen molar-refractivity contribution in [1.29, 1.82) is 0 Å². The van der Waals surface area contributed by atoms with Crippen LogP contribution in [0, 0.1) is 0 Å². The Morgan fingerprint density at radius 3 is 2.83 bits per heavy atom. The molecule has 1 aromatic heterocycles. The largest absolute Gasteiger partial charge is 0.361 e. The Labute approximate surface area is 108 Å². The second-order valence-electron chi connectivity index (χ2n) is 4.85. The highest BCUT2D eigenvalue weighted by Crippen LogP contribution is 2.23. The maximum Gasteiger partial charge on any atom is 0.241 e. The molecule has 18 heavy (non-hydrogen) atoms. The molecule has 0 spiro atoms. The third-order valence-corrected chi connectivity index (χ3v) is 3.28. The van der Waals surface area contributed by atoms with Gasteiger partial charge in [-0.1, -0.05) is 6.42 Å². The highest BCUT2D eigenvalue weighted by molar-refractivity contribution is 5.80. The van der Waals surface area contributed by atoms with Crippen molar-refractivity contribution in [3.63, 3.8) is 0 Å². The van der Waals surface area contributed by atoms with Gasteiger partial charge in [0.2, 0.25) is 5.91 Å². The highest BCUT2D eigenvalue weighted by Gasteiger charge is 2.14. The minimum atomic E-state index is 0.0518. The van der Waals surface area contributed by atoms with Crippen molar-refractivity contribution in [2.75, 3.05) is 26.0 Å². The van der Waals surface area contributed by atoms with Crippen LogP contribution in [0.4, 0.5) is 5.82 Å². The first-order chi connectivity index (χ1) is 8.68. The zero-order chi connectivity index (χ0) is 13.0. The van der Waals surface area contributed by atoms with Crippen LogP contribution >= 0.6 is 0 Å². The molecule has 1 amide bonds. The van der Waals surface area contributed by atoms with Crippen LogP contribution in [-0.2, 0) is 17.6 Å². The zero-order valence-corrected chi connectivity index (χ0v) is 11.1. The van der Waals surface area contributed by atoms with E-state index in [4.69, 9.17) is 0 Å². The van der Waals surface area contributed by atoms with Crippen LogP contribution in [-0.4, -0.2) is 41.4 Å². The molecule has 0 radical (unpaired) electrons. The SMILES string of the molecule is CN(C)C(=O)CNc1ncnc2c1CCCCC2. The standard InChI is InChI=1S/C13H20N4O/c1-17(2)12(18)8-14-13-10-6-4-3-5-7-11(10)15-9-16-13/h9H,3-8H2,1-2H3,(H,14,15,16). The lowest BCUT2D eigenvalue weighted by atomic mass is 10.1. The molecule has 0 bridgehead atoms. The van der Waals surface area contributed by atoms with E-state index in [0.717, 1.165) is 24.4 Å². The lowest BCUT2D eigenvalue weighted by molar-refractivity contribution is -0.126. The number of aromatic nitrogens is 2. The van der Waals surface area contributed by atoms with Crippen LogP contribution in [0.5, 0.6) is 0 Å². The molecule has 0 aliphatic heterocycles. The maximum atomic E-state index is 11.6. The summed E-state index contributed by atoms with van der Waals surface area (Å²) in [6.45, 7) is 0.288. The molecular weight excluding hydrogens is 228 g/mol. The summed E-state index contributed by atoms with van der Waals surface area (Å²) in [6.07, 6.45) is 7.23. The van der Waals surface area contributed by atoms with Crippen LogP contribution in [0.25, 0.3) is 0 Å². The van der Waals surface area contributed by atoms with Crippen LogP contribution < -0.4 is 5.32 Å². The number of likely N-dealkylation sites (N-methyl/N-ethyl adjacent to an activating group) is 1. The van der Waals surface area contributed by atoms with Gasteiger partial charge in [0.1, 0.15) is 12.1 Å². The Bertz CT molecular complexity index is 431. The van der Waals surface area contributed by atoms with E-state index in [2.05, 4.69) is 15.3 Å². The van der Waals surface area contributed by atoms with E-state index in [1.54, 1.807) is 25.3 Å². The number of nitrogens with one attached hydrogen (secondary N) is 1. The number of hydrogen-bond acceptors (Lipinski definition) is 4. The molecule has 98 valence electrons. The number of rotatable bonds is 3. The molecule has 1 heterocycles. The van der Waals surface area contributed by atoms with Crippen molar-refractivity contribution in [2.24, 2.45) is 0 Å². The second-order valence-corrected chi connectivity index (χ2v) is 4.85. The summed E-state index contributed by atoms with van der Waals surface area (Å²) in [5.74, 6) is 0.882. The molecule has 0 unspecified atom stereocenters. The summed E-state index contributed by atoms with van der Waals surface area (Å²) in [7, 11) is 3.51. The molecule has 1 aliphatic rings. The van der Waals surface area contributed by atoms with E-state index in [1.807, 2.05) is 0 Å². The normalized spacial score (nSPS) is 14.6. The third kappa shape index (κ3) is 2.97. The second kappa shape index (κ2) is 5.80. The number of aryl methyl sites for hydroxylation is 1. The van der Waals surface area contributed by atoms with Gasteiger partial charge in [-0.15, -0.1) is 0 Å². The fraction of sp³-hybridized carbons (Fsp3) is 0.615. The first-order valence-corrected chi connectivity index (χ1v) is 6.45. The van der Waals surface area contributed by atoms with E-state index in [1.165, 1.54) is 24.8 Å². The first kappa shape index (κ1) is 12.8. The fourth-order valence-electron chi connectivity index (χ4n) is 2.17. The minimum Gasteiger partial charge on any atom is -0.361 e. The molecule has 0 saturated carbocycles. The summed E-state index contributed by atoms with van der Waals surface area (Å²) in [5.41, 5.74) is 2.34. The number of carbonyl (C=O) groups is 1. The van der Waals surface area contributed by atoms with E-state index in [-0.39, 0.29) is 12.5 Å². The van der Waals surface area contributed by atoms with Gasteiger partial charge in [0, 0.05) is 25.4 Å². The van der Waals surface area contributed by atoms with Crippen LogP contribution in [0.15, 0.2) is 6.33 Å². The summed E-state index contributed by atoms with van der Waals surface area (Å²) in [4.78, 5) is 21.8. The summed E-state index contributed by atoms with van der Waals surface area (Å²) >= 11 is 0. The van der Waals surface area contributed by atoms with Gasteiger partial charge in [-0.3, -0.25) is 4.79 Å². The van der Waals surface area contributed by atoms with Gasteiger partial charge >= 0.3 is 0 Å². The van der Waals surface area contributed by atoms with Crippen molar-refractivity contribution in [3.05, 3.63) is 17.6 Å². The Kier molecular flexibility index (Phi) is 4.12. The molecule has 2 rings (SSSR count). The van der Waals surface area contributed by atoms with Crippen LogP contribution in [0.2, 0.25) is 0 Å². The van der Waals surface area contributed by atoms with Gasteiger partial charge in [0.25, 0.3) is 0 Å². The summed E-state index contributed by atoms with van der Waals surface area (Å²) < 4.78 is 0. The summed E-state index contributed by atoms with van der Waals surface area (Å²) in [5, 5.41) is 3.14. The Morgan fingerprint density at radius 1 is 1.28 bits per heavy atom. The quantitative estimate of drug-likeness (QED) is 0.818. The van der Waals surface area contributed by atoms with E-state index < -0.39 is 0 Å². The Morgan fingerprint density at radius 2 is 2.06 bits per heavy atom. The molecule has 5 heteroatoms. The third-order valence-electron chi connectivity index (χ3n) is 3.28. The number of nitrogens with zero attached hydrogens (tertiary/aromatic N) is 3. The molecule has 0 saturated heterocycles. The topological polar surface area (TPSA) is 58.1 Å². The monoisotopic (exact) mass is 248 g/mol. The molecule has 1 aromatic rings. The zero-order valence-electron chi connectivity index (χ0n) is 11.1. The fourth-order valence-corrected chi connectivity index (χ4v) is 2.17. The molecule has 1 aliphatic carbocycles. The van der Waals surface area contributed by atoms with E-state index in [9.17, 15) is 4.79 Å².